The summed E-state index contributed by atoms with van der Waals surface area (Å²) >= 11 is 3.29. The molecule has 0 saturated carbocycles. The molecule has 0 fully saturated rings. The lowest BCUT2D eigenvalue weighted by atomic mass is 10.3. The molecular weight excluding hydrogens is 246 g/mol. The van der Waals surface area contributed by atoms with Crippen LogP contribution in [0, 0.1) is 0 Å². The normalized spacial score (nSPS) is 10.4. The maximum absolute atomic E-state index is 5.32. The number of halogens is 1. The van der Waals surface area contributed by atoms with Gasteiger partial charge in [0.1, 0.15) is 0 Å². The minimum absolute atomic E-state index is 0.682. The number of hydrogen-bond acceptors (Lipinski definition) is 3. The first-order chi connectivity index (χ1) is 6.77. The van der Waals surface area contributed by atoms with Crippen LogP contribution >= 0.6 is 15.9 Å². The van der Waals surface area contributed by atoms with Gasteiger partial charge in [-0.15, -0.1) is 0 Å². The van der Waals surface area contributed by atoms with E-state index in [2.05, 4.69) is 27.8 Å². The van der Waals surface area contributed by atoms with Gasteiger partial charge in [-0.05, 0) is 19.4 Å². The Morgan fingerprint density at radius 3 is 2.71 bits per heavy atom. The zero-order chi connectivity index (χ0) is 10.6. The van der Waals surface area contributed by atoms with Gasteiger partial charge in [-0.2, -0.15) is 0 Å². The molecule has 0 aromatic heterocycles. The molecule has 0 aliphatic carbocycles. The predicted octanol–water partition coefficient (Wildman–Crippen LogP) is 1.93. The molecule has 3 nitrogen and oxygen atoms in total. The fraction of sp³-hybridized carbons (Fsp3) is 0.800. The van der Waals surface area contributed by atoms with E-state index in [-0.39, 0.29) is 0 Å². The van der Waals surface area contributed by atoms with Crippen LogP contribution in [0.3, 0.4) is 0 Å². The summed E-state index contributed by atoms with van der Waals surface area (Å²) in [6.45, 7) is 7.79. The van der Waals surface area contributed by atoms with Crippen LogP contribution in [-0.2, 0) is 9.47 Å². The van der Waals surface area contributed by atoms with E-state index in [0.29, 0.717) is 13.2 Å². The van der Waals surface area contributed by atoms with E-state index >= 15 is 0 Å². The molecule has 14 heavy (non-hydrogen) atoms. The Labute approximate surface area is 95.0 Å². The molecule has 0 heterocycles. The van der Waals surface area contributed by atoms with Gasteiger partial charge in [-0.1, -0.05) is 22.5 Å². The minimum atomic E-state index is 0.682. The van der Waals surface area contributed by atoms with Gasteiger partial charge in [0, 0.05) is 24.7 Å². The Kier molecular flexibility index (Phi) is 11.3. The molecule has 0 unspecified atom stereocenters. The van der Waals surface area contributed by atoms with E-state index in [1.165, 1.54) is 0 Å². The van der Waals surface area contributed by atoms with Crippen LogP contribution in [0.25, 0.3) is 0 Å². The van der Waals surface area contributed by atoms with Crippen molar-refractivity contribution < 1.29 is 9.47 Å². The molecule has 0 atom stereocenters. The van der Waals surface area contributed by atoms with E-state index in [1.807, 2.05) is 0 Å². The van der Waals surface area contributed by atoms with Gasteiger partial charge < -0.3 is 14.8 Å². The molecule has 0 aromatic rings. The quantitative estimate of drug-likeness (QED) is 0.613. The second-order valence-corrected chi connectivity index (χ2v) is 4.13. The smallest absolute Gasteiger partial charge is 0.0700 e. The second kappa shape index (κ2) is 11.2. The lowest BCUT2D eigenvalue weighted by Gasteiger charge is -2.04. The summed E-state index contributed by atoms with van der Waals surface area (Å²) in [5, 5.41) is 3.26. The van der Waals surface area contributed by atoms with Gasteiger partial charge in [-0.3, -0.25) is 0 Å². The van der Waals surface area contributed by atoms with Crippen molar-refractivity contribution >= 4 is 15.9 Å². The van der Waals surface area contributed by atoms with Crippen LogP contribution < -0.4 is 5.32 Å². The summed E-state index contributed by atoms with van der Waals surface area (Å²) in [5.41, 5.74) is 0. The number of methoxy groups -OCH3 is 1. The summed E-state index contributed by atoms with van der Waals surface area (Å²) in [6, 6.07) is 0. The highest BCUT2D eigenvalue weighted by Gasteiger charge is 1.91. The zero-order valence-corrected chi connectivity index (χ0v) is 10.4. The Bertz CT molecular complexity index is 142. The molecule has 0 rings (SSSR count). The molecule has 0 aliphatic rings. The topological polar surface area (TPSA) is 30.5 Å². The summed E-state index contributed by atoms with van der Waals surface area (Å²) in [5.74, 6) is 0. The average Bonchev–Trinajstić information content (AvgIpc) is 2.15. The zero-order valence-electron chi connectivity index (χ0n) is 8.85. The van der Waals surface area contributed by atoms with E-state index in [0.717, 1.165) is 37.0 Å². The maximum Gasteiger partial charge on any atom is 0.0700 e. The molecule has 0 radical (unpaired) electrons. The third kappa shape index (κ3) is 12.1. The first-order valence-electron chi connectivity index (χ1n) is 4.88. The Hall–Kier alpha value is 0.1000. The third-order valence-corrected chi connectivity index (χ3v) is 1.92. The van der Waals surface area contributed by atoms with Gasteiger partial charge in [0.05, 0.1) is 13.2 Å². The Morgan fingerprint density at radius 1 is 1.29 bits per heavy atom. The molecule has 84 valence electrons. The number of ether oxygens (including phenoxy) is 2. The molecule has 0 spiro atoms. The molecule has 0 aliphatic heterocycles. The highest BCUT2D eigenvalue weighted by atomic mass is 79.9. The number of rotatable bonds is 10. The minimum Gasteiger partial charge on any atom is -0.382 e. The molecule has 0 amide bonds. The van der Waals surface area contributed by atoms with Crippen molar-refractivity contribution in [2.45, 2.75) is 12.8 Å². The molecular formula is C10H20BrNO2. The summed E-state index contributed by atoms with van der Waals surface area (Å²) in [4.78, 5) is 0. The SMILES string of the molecule is C=C(Br)CNCCCCOCCOC. The number of nitrogens with one attached hydrogen (secondary N) is 1. The largest absolute Gasteiger partial charge is 0.382 e. The van der Waals surface area contributed by atoms with Crippen LogP contribution in [-0.4, -0.2) is 40.0 Å². The van der Waals surface area contributed by atoms with Crippen molar-refractivity contribution in [2.24, 2.45) is 0 Å². The van der Waals surface area contributed by atoms with Crippen molar-refractivity contribution in [1.29, 1.82) is 0 Å². The molecule has 0 aromatic carbocycles. The van der Waals surface area contributed by atoms with E-state index in [1.54, 1.807) is 7.11 Å². The fourth-order valence-electron chi connectivity index (χ4n) is 0.922. The predicted molar refractivity (Wildman–Crippen MR) is 62.9 cm³/mol. The van der Waals surface area contributed by atoms with Crippen molar-refractivity contribution in [3.63, 3.8) is 0 Å². The number of unbranched alkanes of at least 4 members (excludes halogenated alkanes) is 1. The van der Waals surface area contributed by atoms with Crippen molar-refractivity contribution in [2.75, 3.05) is 40.0 Å². The van der Waals surface area contributed by atoms with E-state index in [9.17, 15) is 0 Å². The summed E-state index contributed by atoms with van der Waals surface area (Å²) < 4.78 is 11.2. The first kappa shape index (κ1) is 14.1. The summed E-state index contributed by atoms with van der Waals surface area (Å²) in [7, 11) is 1.68. The Balaban J connectivity index is 2.88. The van der Waals surface area contributed by atoms with Gasteiger partial charge >= 0.3 is 0 Å². The lowest BCUT2D eigenvalue weighted by Crippen LogP contribution is -2.17. The fourth-order valence-corrected chi connectivity index (χ4v) is 1.12. The van der Waals surface area contributed by atoms with Gasteiger partial charge in [0.15, 0.2) is 0 Å². The van der Waals surface area contributed by atoms with Crippen molar-refractivity contribution in [3.05, 3.63) is 11.1 Å². The van der Waals surface area contributed by atoms with Crippen LogP contribution in [0.15, 0.2) is 11.1 Å². The highest BCUT2D eigenvalue weighted by molar-refractivity contribution is 9.11. The molecule has 0 bridgehead atoms. The average molecular weight is 266 g/mol. The number of hydrogen-bond donors (Lipinski definition) is 1. The molecule has 4 heteroatoms. The van der Waals surface area contributed by atoms with E-state index < -0.39 is 0 Å². The summed E-state index contributed by atoms with van der Waals surface area (Å²) in [6.07, 6.45) is 2.22. The lowest BCUT2D eigenvalue weighted by molar-refractivity contribution is 0.0688. The maximum atomic E-state index is 5.32. The monoisotopic (exact) mass is 265 g/mol. The van der Waals surface area contributed by atoms with Gasteiger partial charge in [0.25, 0.3) is 0 Å². The second-order valence-electron chi connectivity index (χ2n) is 3.01. The van der Waals surface area contributed by atoms with Crippen molar-refractivity contribution in [3.8, 4) is 0 Å². The van der Waals surface area contributed by atoms with Crippen molar-refractivity contribution in [1.82, 2.24) is 5.32 Å². The molecule has 0 saturated heterocycles. The van der Waals surface area contributed by atoms with Crippen LogP contribution in [0.1, 0.15) is 12.8 Å². The standard InChI is InChI=1S/C10H20BrNO2/c1-10(11)9-12-5-3-4-6-14-8-7-13-2/h12H,1,3-9H2,2H3. The molecule has 1 N–H and O–H groups in total. The van der Waals surface area contributed by atoms with Gasteiger partial charge in [0.2, 0.25) is 0 Å². The first-order valence-corrected chi connectivity index (χ1v) is 5.67. The third-order valence-electron chi connectivity index (χ3n) is 1.64. The van der Waals surface area contributed by atoms with Crippen LogP contribution in [0.5, 0.6) is 0 Å². The Morgan fingerprint density at radius 2 is 2.07 bits per heavy atom. The van der Waals surface area contributed by atoms with E-state index in [4.69, 9.17) is 9.47 Å². The van der Waals surface area contributed by atoms with Crippen LogP contribution in [0.2, 0.25) is 0 Å². The van der Waals surface area contributed by atoms with Crippen LogP contribution in [0.4, 0.5) is 0 Å². The highest BCUT2D eigenvalue weighted by Crippen LogP contribution is 1.97. The van der Waals surface area contributed by atoms with Gasteiger partial charge in [-0.25, -0.2) is 0 Å².